The Hall–Kier alpha value is -1.02. The molecular weight excluding hydrogens is 246 g/mol. The van der Waals surface area contributed by atoms with Gasteiger partial charge in [-0.25, -0.2) is 0 Å². The van der Waals surface area contributed by atoms with Crippen LogP contribution >= 0.6 is 0 Å². The van der Waals surface area contributed by atoms with E-state index in [9.17, 15) is 5.11 Å². The smallest absolute Gasteiger partial charge is 0.120 e. The lowest BCUT2D eigenvalue weighted by Gasteiger charge is -2.17. The molecule has 0 aromatic heterocycles. The van der Waals surface area contributed by atoms with E-state index in [-0.39, 0.29) is 0 Å². The zero-order chi connectivity index (χ0) is 14.9. The maximum Gasteiger partial charge on any atom is 0.120 e. The molecule has 2 aliphatic rings. The highest BCUT2D eigenvalue weighted by Gasteiger charge is 2.65. The Bertz CT molecular complexity index is 545. The third-order valence-corrected chi connectivity index (χ3v) is 6.30. The quantitative estimate of drug-likeness (QED) is 0.843. The summed E-state index contributed by atoms with van der Waals surface area (Å²) >= 11 is 0. The van der Waals surface area contributed by atoms with Gasteiger partial charge in [0.2, 0.25) is 0 Å². The highest BCUT2D eigenvalue weighted by molar-refractivity contribution is 5.51. The van der Waals surface area contributed by atoms with E-state index in [1.54, 1.807) is 0 Å². The number of benzene rings is 1. The molecule has 110 valence electrons. The van der Waals surface area contributed by atoms with Gasteiger partial charge in [-0.1, -0.05) is 40.7 Å². The lowest BCUT2D eigenvalue weighted by atomic mass is 9.97. The number of phenols is 1. The zero-order valence-corrected chi connectivity index (χ0v) is 13.5. The Morgan fingerprint density at radius 1 is 1.10 bits per heavy atom. The third kappa shape index (κ3) is 1.67. The predicted octanol–water partition coefficient (Wildman–Crippen LogP) is 4.27. The number of phenolic OH excluding ortho intramolecular Hbond substituents is 1. The topological polar surface area (TPSA) is 32.3 Å². The SMILES string of the molecule is Cc1ccc(O)c2c1C(C)CC2NC1C(C)(C)C1(C)C. The summed E-state index contributed by atoms with van der Waals surface area (Å²) in [6, 6.07) is 4.71. The molecule has 0 heterocycles. The number of fused-ring (bicyclic) bond motifs is 1. The van der Waals surface area contributed by atoms with Crippen molar-refractivity contribution < 1.29 is 5.11 Å². The second-order valence-corrected chi connectivity index (χ2v) is 7.96. The second-order valence-electron chi connectivity index (χ2n) is 7.96. The Labute approximate surface area is 122 Å². The van der Waals surface area contributed by atoms with E-state index in [0.29, 0.717) is 34.6 Å². The van der Waals surface area contributed by atoms with E-state index in [1.807, 2.05) is 12.1 Å². The number of aromatic hydroxyl groups is 1. The van der Waals surface area contributed by atoms with Gasteiger partial charge in [-0.15, -0.1) is 0 Å². The summed E-state index contributed by atoms with van der Waals surface area (Å²) in [4.78, 5) is 0. The summed E-state index contributed by atoms with van der Waals surface area (Å²) in [7, 11) is 0. The average Bonchev–Trinajstić information content (AvgIpc) is 2.65. The lowest BCUT2D eigenvalue weighted by Crippen LogP contribution is -2.26. The summed E-state index contributed by atoms with van der Waals surface area (Å²) in [6.45, 7) is 13.8. The number of rotatable bonds is 2. The first-order chi connectivity index (χ1) is 9.18. The molecule has 1 fully saturated rings. The van der Waals surface area contributed by atoms with Crippen LogP contribution < -0.4 is 5.32 Å². The number of hydrogen-bond acceptors (Lipinski definition) is 2. The lowest BCUT2D eigenvalue weighted by molar-refractivity contribution is 0.426. The predicted molar refractivity (Wildman–Crippen MR) is 83.1 cm³/mol. The van der Waals surface area contributed by atoms with Crippen LogP contribution in [0.3, 0.4) is 0 Å². The van der Waals surface area contributed by atoms with Crippen LogP contribution in [0.1, 0.15) is 69.7 Å². The minimum atomic E-state index is 0.297. The molecule has 2 nitrogen and oxygen atoms in total. The Morgan fingerprint density at radius 3 is 2.25 bits per heavy atom. The molecule has 1 saturated carbocycles. The van der Waals surface area contributed by atoms with Gasteiger partial charge >= 0.3 is 0 Å². The van der Waals surface area contributed by atoms with Crippen molar-refractivity contribution in [2.75, 3.05) is 0 Å². The standard InChI is InChI=1S/C18H27NO/c1-10-7-8-13(20)15-12(9-11(2)14(10)15)19-16-17(3,4)18(16,5)6/h7-8,11-12,16,19-20H,9H2,1-6H3. The van der Waals surface area contributed by atoms with Crippen LogP contribution in [0, 0.1) is 17.8 Å². The van der Waals surface area contributed by atoms with E-state index in [1.165, 1.54) is 11.1 Å². The van der Waals surface area contributed by atoms with E-state index in [2.05, 4.69) is 46.9 Å². The van der Waals surface area contributed by atoms with Crippen molar-refractivity contribution in [1.29, 1.82) is 0 Å². The fourth-order valence-corrected chi connectivity index (χ4v) is 4.31. The molecule has 2 aliphatic carbocycles. The molecule has 0 amide bonds. The monoisotopic (exact) mass is 273 g/mol. The molecule has 2 unspecified atom stereocenters. The maximum absolute atomic E-state index is 10.3. The van der Waals surface area contributed by atoms with Gasteiger partial charge in [0.15, 0.2) is 0 Å². The molecule has 2 N–H and O–H groups in total. The Kier molecular flexibility index (Phi) is 2.79. The zero-order valence-electron chi connectivity index (χ0n) is 13.5. The molecule has 2 atom stereocenters. The maximum atomic E-state index is 10.3. The summed E-state index contributed by atoms with van der Waals surface area (Å²) < 4.78 is 0. The molecule has 0 saturated heterocycles. The van der Waals surface area contributed by atoms with Crippen molar-refractivity contribution in [2.45, 2.75) is 66.0 Å². The first-order valence-electron chi connectivity index (χ1n) is 7.76. The van der Waals surface area contributed by atoms with Gasteiger partial charge < -0.3 is 10.4 Å². The van der Waals surface area contributed by atoms with Gasteiger partial charge in [-0.2, -0.15) is 0 Å². The van der Waals surface area contributed by atoms with Gasteiger partial charge in [0.25, 0.3) is 0 Å². The van der Waals surface area contributed by atoms with E-state index in [4.69, 9.17) is 0 Å². The minimum absolute atomic E-state index is 0.297. The largest absolute Gasteiger partial charge is 0.508 e. The molecule has 0 aliphatic heterocycles. The summed E-state index contributed by atoms with van der Waals surface area (Å²) in [5.74, 6) is 0.989. The summed E-state index contributed by atoms with van der Waals surface area (Å²) in [5.41, 5.74) is 4.48. The van der Waals surface area contributed by atoms with Crippen LogP contribution in [0.5, 0.6) is 5.75 Å². The van der Waals surface area contributed by atoms with Crippen LogP contribution in [0.4, 0.5) is 0 Å². The van der Waals surface area contributed by atoms with Gasteiger partial charge in [0, 0.05) is 17.6 Å². The van der Waals surface area contributed by atoms with Crippen LogP contribution in [-0.2, 0) is 0 Å². The van der Waals surface area contributed by atoms with Crippen LogP contribution in [-0.4, -0.2) is 11.1 Å². The van der Waals surface area contributed by atoms with Crippen molar-refractivity contribution in [1.82, 2.24) is 5.32 Å². The highest BCUT2D eigenvalue weighted by atomic mass is 16.3. The molecule has 20 heavy (non-hydrogen) atoms. The molecule has 0 bridgehead atoms. The molecule has 0 spiro atoms. The molecule has 1 aromatic carbocycles. The number of aryl methyl sites for hydroxylation is 1. The molecule has 2 heteroatoms. The van der Waals surface area contributed by atoms with Crippen LogP contribution in [0.2, 0.25) is 0 Å². The van der Waals surface area contributed by atoms with E-state index < -0.39 is 0 Å². The minimum Gasteiger partial charge on any atom is -0.508 e. The normalized spacial score (nSPS) is 30.3. The Morgan fingerprint density at radius 2 is 1.70 bits per heavy atom. The second kappa shape index (κ2) is 4.00. The van der Waals surface area contributed by atoms with Gasteiger partial charge in [0.1, 0.15) is 5.75 Å². The van der Waals surface area contributed by atoms with Crippen molar-refractivity contribution in [2.24, 2.45) is 10.8 Å². The van der Waals surface area contributed by atoms with Crippen LogP contribution in [0.25, 0.3) is 0 Å². The molecule has 0 radical (unpaired) electrons. The van der Waals surface area contributed by atoms with Crippen LogP contribution in [0.15, 0.2) is 12.1 Å². The fourth-order valence-electron chi connectivity index (χ4n) is 4.31. The summed E-state index contributed by atoms with van der Waals surface area (Å²) in [5, 5.41) is 14.1. The Balaban J connectivity index is 1.92. The fraction of sp³-hybridized carbons (Fsp3) is 0.667. The van der Waals surface area contributed by atoms with Gasteiger partial charge in [-0.05, 0) is 47.3 Å². The van der Waals surface area contributed by atoms with E-state index >= 15 is 0 Å². The first kappa shape index (κ1) is 13.9. The number of nitrogens with one attached hydrogen (secondary N) is 1. The first-order valence-corrected chi connectivity index (χ1v) is 7.76. The van der Waals surface area contributed by atoms with Gasteiger partial charge in [-0.3, -0.25) is 0 Å². The average molecular weight is 273 g/mol. The molecular formula is C18H27NO. The van der Waals surface area contributed by atoms with Gasteiger partial charge in [0.05, 0.1) is 0 Å². The van der Waals surface area contributed by atoms with Crippen molar-refractivity contribution in [3.63, 3.8) is 0 Å². The summed E-state index contributed by atoms with van der Waals surface area (Å²) in [6.07, 6.45) is 1.09. The van der Waals surface area contributed by atoms with Crippen molar-refractivity contribution in [3.8, 4) is 5.75 Å². The molecule has 3 rings (SSSR count). The van der Waals surface area contributed by atoms with Crippen molar-refractivity contribution >= 4 is 0 Å². The third-order valence-electron chi connectivity index (χ3n) is 6.30. The van der Waals surface area contributed by atoms with Crippen molar-refractivity contribution in [3.05, 3.63) is 28.8 Å². The molecule has 1 aromatic rings. The van der Waals surface area contributed by atoms with E-state index in [0.717, 1.165) is 12.0 Å². The highest BCUT2D eigenvalue weighted by Crippen LogP contribution is 2.64. The number of hydrogen-bond donors (Lipinski definition) is 2.